The molecular formula is C21H39N5O. The lowest BCUT2D eigenvalue weighted by Gasteiger charge is -2.32. The summed E-state index contributed by atoms with van der Waals surface area (Å²) < 4.78 is 0. The lowest BCUT2D eigenvalue weighted by atomic mass is 9.97. The summed E-state index contributed by atoms with van der Waals surface area (Å²) >= 11 is 0. The van der Waals surface area contributed by atoms with Crippen LogP contribution in [0.2, 0.25) is 0 Å². The van der Waals surface area contributed by atoms with E-state index in [1.165, 1.54) is 51.7 Å². The number of hydrogen-bond donors (Lipinski definition) is 2. The number of likely N-dealkylation sites (tertiary alicyclic amines) is 2. The second kappa shape index (κ2) is 10.3. The predicted octanol–water partition coefficient (Wildman–Crippen LogP) is 2.06. The number of guanidine groups is 1. The molecule has 1 atom stereocenters. The van der Waals surface area contributed by atoms with E-state index in [9.17, 15) is 4.79 Å². The molecule has 1 unspecified atom stereocenters. The Balaban J connectivity index is 1.36. The summed E-state index contributed by atoms with van der Waals surface area (Å²) in [7, 11) is 1.84. The maximum absolute atomic E-state index is 12.6. The normalized spacial score (nSPS) is 25.9. The van der Waals surface area contributed by atoms with Gasteiger partial charge in [-0.05, 0) is 64.1 Å². The highest BCUT2D eigenvalue weighted by Crippen LogP contribution is 2.27. The molecule has 3 aliphatic rings. The lowest BCUT2D eigenvalue weighted by molar-refractivity contribution is -0.134. The van der Waals surface area contributed by atoms with E-state index in [2.05, 4.69) is 32.3 Å². The molecule has 0 spiro atoms. The minimum absolute atomic E-state index is 0.291. The predicted molar refractivity (Wildman–Crippen MR) is 111 cm³/mol. The van der Waals surface area contributed by atoms with Crippen LogP contribution in [0, 0.1) is 11.8 Å². The molecule has 0 aromatic rings. The van der Waals surface area contributed by atoms with Crippen molar-refractivity contribution >= 4 is 11.9 Å². The number of nitrogens with zero attached hydrogens (tertiary/aromatic N) is 3. The first-order valence-corrected chi connectivity index (χ1v) is 11.2. The zero-order chi connectivity index (χ0) is 19.1. The van der Waals surface area contributed by atoms with Crippen molar-refractivity contribution in [3.63, 3.8) is 0 Å². The van der Waals surface area contributed by atoms with Crippen molar-refractivity contribution < 1.29 is 4.79 Å². The smallest absolute Gasteiger partial charge is 0.225 e. The van der Waals surface area contributed by atoms with Crippen LogP contribution in [0.5, 0.6) is 0 Å². The van der Waals surface area contributed by atoms with Crippen LogP contribution in [0.1, 0.15) is 58.3 Å². The topological polar surface area (TPSA) is 60.0 Å². The lowest BCUT2D eigenvalue weighted by Crippen LogP contribution is -2.47. The molecule has 3 fully saturated rings. The molecule has 2 N–H and O–H groups in total. The monoisotopic (exact) mass is 377 g/mol. The maximum Gasteiger partial charge on any atom is 0.225 e. The molecule has 6 heteroatoms. The Morgan fingerprint density at radius 2 is 1.81 bits per heavy atom. The van der Waals surface area contributed by atoms with Gasteiger partial charge in [0.05, 0.1) is 0 Å². The van der Waals surface area contributed by atoms with Crippen molar-refractivity contribution in [1.29, 1.82) is 0 Å². The number of aliphatic imine (C=N–C) groups is 1. The van der Waals surface area contributed by atoms with E-state index in [-0.39, 0.29) is 0 Å². The fraction of sp³-hybridized carbons (Fsp3) is 0.905. The van der Waals surface area contributed by atoms with Gasteiger partial charge in [0.2, 0.25) is 5.91 Å². The van der Waals surface area contributed by atoms with Crippen molar-refractivity contribution in [2.24, 2.45) is 16.8 Å². The minimum atomic E-state index is 0.291. The minimum Gasteiger partial charge on any atom is -0.356 e. The van der Waals surface area contributed by atoms with E-state index < -0.39 is 0 Å². The van der Waals surface area contributed by atoms with Gasteiger partial charge in [0.15, 0.2) is 5.96 Å². The number of nitrogens with one attached hydrogen (secondary N) is 2. The van der Waals surface area contributed by atoms with Crippen LogP contribution in [-0.2, 0) is 4.79 Å². The van der Waals surface area contributed by atoms with Gasteiger partial charge in [-0.3, -0.25) is 9.79 Å². The Morgan fingerprint density at radius 3 is 2.48 bits per heavy atom. The van der Waals surface area contributed by atoms with E-state index in [0.717, 1.165) is 50.8 Å². The standard InChI is InChI=1S/C21H39N5O/c1-3-11-25-12-8-17(9-13-25)15-23-21(22-2)24-19-10-14-26(16-19)20(27)18-6-4-5-7-18/h17-19H,3-16H2,1-2H3,(H2,22,23,24). The molecule has 0 aromatic carbocycles. The summed E-state index contributed by atoms with van der Waals surface area (Å²) in [6.07, 6.45) is 9.45. The molecule has 154 valence electrons. The first-order chi connectivity index (χ1) is 13.2. The molecule has 2 aliphatic heterocycles. The van der Waals surface area contributed by atoms with Crippen molar-refractivity contribution in [3.05, 3.63) is 0 Å². The Kier molecular flexibility index (Phi) is 7.80. The highest BCUT2D eigenvalue weighted by atomic mass is 16.2. The number of carbonyl (C=O) groups excluding carboxylic acids is 1. The van der Waals surface area contributed by atoms with Gasteiger partial charge in [-0.15, -0.1) is 0 Å². The summed E-state index contributed by atoms with van der Waals surface area (Å²) in [5.41, 5.74) is 0. The molecule has 0 aromatic heterocycles. The second-order valence-corrected chi connectivity index (χ2v) is 8.63. The van der Waals surface area contributed by atoms with Crippen molar-refractivity contribution in [2.75, 3.05) is 46.3 Å². The largest absolute Gasteiger partial charge is 0.356 e. The van der Waals surface area contributed by atoms with Gasteiger partial charge in [0, 0.05) is 38.6 Å². The number of carbonyl (C=O) groups is 1. The molecule has 2 heterocycles. The first-order valence-electron chi connectivity index (χ1n) is 11.2. The number of piperidine rings is 1. The Morgan fingerprint density at radius 1 is 1.07 bits per heavy atom. The molecular weight excluding hydrogens is 338 g/mol. The van der Waals surface area contributed by atoms with Gasteiger partial charge in [-0.25, -0.2) is 0 Å². The van der Waals surface area contributed by atoms with E-state index in [0.29, 0.717) is 17.9 Å². The van der Waals surface area contributed by atoms with Gasteiger partial charge in [-0.1, -0.05) is 19.8 Å². The van der Waals surface area contributed by atoms with E-state index in [1.807, 2.05) is 7.05 Å². The third-order valence-corrected chi connectivity index (χ3v) is 6.57. The average Bonchev–Trinajstić information content (AvgIpc) is 3.38. The van der Waals surface area contributed by atoms with Crippen molar-refractivity contribution in [3.8, 4) is 0 Å². The zero-order valence-corrected chi connectivity index (χ0v) is 17.4. The van der Waals surface area contributed by atoms with Crippen LogP contribution in [0.25, 0.3) is 0 Å². The molecule has 3 rings (SSSR count). The average molecular weight is 378 g/mol. The van der Waals surface area contributed by atoms with E-state index >= 15 is 0 Å². The summed E-state index contributed by atoms with van der Waals surface area (Å²) in [6, 6.07) is 0.327. The molecule has 1 amide bonds. The number of rotatable bonds is 6. The van der Waals surface area contributed by atoms with Crippen LogP contribution >= 0.6 is 0 Å². The number of hydrogen-bond acceptors (Lipinski definition) is 3. The molecule has 1 saturated carbocycles. The van der Waals surface area contributed by atoms with Crippen LogP contribution in [0.3, 0.4) is 0 Å². The second-order valence-electron chi connectivity index (χ2n) is 8.63. The molecule has 1 aliphatic carbocycles. The zero-order valence-electron chi connectivity index (χ0n) is 17.4. The summed E-state index contributed by atoms with van der Waals surface area (Å²) in [5.74, 6) is 2.31. The van der Waals surface area contributed by atoms with Crippen LogP contribution in [-0.4, -0.2) is 74.0 Å². The van der Waals surface area contributed by atoms with Crippen molar-refractivity contribution in [1.82, 2.24) is 20.4 Å². The Labute approximate surface area is 165 Å². The van der Waals surface area contributed by atoms with Crippen molar-refractivity contribution in [2.45, 2.75) is 64.3 Å². The Hall–Kier alpha value is -1.30. The van der Waals surface area contributed by atoms with Crippen LogP contribution < -0.4 is 10.6 Å². The summed E-state index contributed by atoms with van der Waals surface area (Å²) in [5, 5.41) is 7.07. The SMILES string of the molecule is CCCN1CCC(CNC(=NC)NC2CCN(C(=O)C3CCCC3)C2)CC1. The van der Waals surface area contributed by atoms with Gasteiger partial charge >= 0.3 is 0 Å². The third-order valence-electron chi connectivity index (χ3n) is 6.57. The summed E-state index contributed by atoms with van der Waals surface area (Å²) in [4.78, 5) is 21.7. The third kappa shape index (κ3) is 5.84. The fourth-order valence-electron chi connectivity index (χ4n) is 4.87. The Bertz CT molecular complexity index is 495. The van der Waals surface area contributed by atoms with Gasteiger partial charge in [0.25, 0.3) is 0 Å². The van der Waals surface area contributed by atoms with E-state index in [4.69, 9.17) is 0 Å². The molecule has 2 saturated heterocycles. The quantitative estimate of drug-likeness (QED) is 0.549. The molecule has 0 bridgehead atoms. The van der Waals surface area contributed by atoms with Crippen LogP contribution in [0.15, 0.2) is 4.99 Å². The maximum atomic E-state index is 12.6. The first kappa shape index (κ1) is 20.4. The highest BCUT2D eigenvalue weighted by molar-refractivity contribution is 5.81. The number of amides is 1. The fourth-order valence-corrected chi connectivity index (χ4v) is 4.87. The highest BCUT2D eigenvalue weighted by Gasteiger charge is 2.32. The molecule has 6 nitrogen and oxygen atoms in total. The molecule has 0 radical (unpaired) electrons. The summed E-state index contributed by atoms with van der Waals surface area (Å²) in [6.45, 7) is 8.67. The van der Waals surface area contributed by atoms with Gasteiger partial charge < -0.3 is 20.4 Å². The van der Waals surface area contributed by atoms with Gasteiger partial charge in [0.1, 0.15) is 0 Å². The molecule has 27 heavy (non-hydrogen) atoms. The van der Waals surface area contributed by atoms with Crippen LogP contribution in [0.4, 0.5) is 0 Å². The van der Waals surface area contributed by atoms with Gasteiger partial charge in [-0.2, -0.15) is 0 Å². The van der Waals surface area contributed by atoms with E-state index in [1.54, 1.807) is 0 Å².